The first-order valence-corrected chi connectivity index (χ1v) is 7.82. The molecule has 23 heavy (non-hydrogen) atoms. The Kier molecular flexibility index (Phi) is 6.17. The zero-order chi connectivity index (χ0) is 16.7. The van der Waals surface area contributed by atoms with Gasteiger partial charge < -0.3 is 15.7 Å². The quantitative estimate of drug-likeness (QED) is 0.734. The van der Waals surface area contributed by atoms with Crippen LogP contribution >= 0.6 is 0 Å². The van der Waals surface area contributed by atoms with Gasteiger partial charge in [0.1, 0.15) is 0 Å². The van der Waals surface area contributed by atoms with Crippen molar-refractivity contribution in [1.82, 2.24) is 15.1 Å². The number of carbonyl (C=O) groups is 1. The Labute approximate surface area is 136 Å². The Morgan fingerprint density at radius 1 is 1.30 bits per heavy atom. The molecule has 6 heteroatoms. The molecule has 2 amide bonds. The van der Waals surface area contributed by atoms with Crippen molar-refractivity contribution in [2.24, 2.45) is 5.92 Å². The lowest BCUT2D eigenvalue weighted by atomic mass is 10.1. The second-order valence-corrected chi connectivity index (χ2v) is 6.03. The van der Waals surface area contributed by atoms with Crippen molar-refractivity contribution in [2.75, 3.05) is 11.9 Å². The van der Waals surface area contributed by atoms with Crippen LogP contribution in [0.5, 0.6) is 0 Å². The topological polar surface area (TPSA) is 79.2 Å². The molecule has 0 saturated heterocycles. The maximum atomic E-state index is 11.8. The van der Waals surface area contributed by atoms with E-state index in [1.165, 1.54) is 0 Å². The molecule has 0 fully saturated rings. The predicted octanol–water partition coefficient (Wildman–Crippen LogP) is 2.46. The number of nitrogens with zero attached hydrogens (tertiary/aromatic N) is 2. The van der Waals surface area contributed by atoms with Gasteiger partial charge in [-0.1, -0.05) is 44.2 Å². The minimum Gasteiger partial charge on any atom is -0.391 e. The standard InChI is InChI=1S/C17H24N4O2/c1-13(2)8-16(22)10-18-17(23)20-15-9-19-21(12-15)11-14-6-4-3-5-7-14/h3-7,9,12-13,16,22H,8,10-11H2,1-2H3,(H2,18,20,23). The van der Waals surface area contributed by atoms with E-state index in [1.54, 1.807) is 17.1 Å². The molecule has 1 aromatic heterocycles. The molecule has 1 unspecified atom stereocenters. The summed E-state index contributed by atoms with van der Waals surface area (Å²) in [6.07, 6.45) is 3.51. The largest absolute Gasteiger partial charge is 0.391 e. The fraction of sp³-hybridized carbons (Fsp3) is 0.412. The number of aliphatic hydroxyl groups is 1. The van der Waals surface area contributed by atoms with Gasteiger partial charge in [0.2, 0.25) is 0 Å². The highest BCUT2D eigenvalue weighted by Crippen LogP contribution is 2.08. The van der Waals surface area contributed by atoms with Gasteiger partial charge in [-0.3, -0.25) is 4.68 Å². The molecule has 2 aromatic rings. The summed E-state index contributed by atoms with van der Waals surface area (Å²) in [6, 6.07) is 9.64. The van der Waals surface area contributed by atoms with Crippen LogP contribution in [0.2, 0.25) is 0 Å². The lowest BCUT2D eigenvalue weighted by Crippen LogP contribution is -2.35. The van der Waals surface area contributed by atoms with Crippen molar-refractivity contribution >= 4 is 11.7 Å². The number of amides is 2. The van der Waals surface area contributed by atoms with Gasteiger partial charge in [-0.2, -0.15) is 5.10 Å². The lowest BCUT2D eigenvalue weighted by molar-refractivity contribution is 0.148. The lowest BCUT2D eigenvalue weighted by Gasteiger charge is -2.13. The third-order valence-electron chi connectivity index (χ3n) is 3.32. The molecule has 2 rings (SSSR count). The monoisotopic (exact) mass is 316 g/mol. The summed E-state index contributed by atoms with van der Waals surface area (Å²) in [5.74, 6) is 0.395. The molecule has 124 valence electrons. The summed E-state index contributed by atoms with van der Waals surface area (Å²) >= 11 is 0. The fourth-order valence-corrected chi connectivity index (χ4v) is 2.30. The van der Waals surface area contributed by atoms with Crippen LogP contribution in [0.4, 0.5) is 10.5 Å². The van der Waals surface area contributed by atoms with E-state index in [-0.39, 0.29) is 12.6 Å². The zero-order valence-corrected chi connectivity index (χ0v) is 13.6. The summed E-state index contributed by atoms with van der Waals surface area (Å²) in [4.78, 5) is 11.8. The van der Waals surface area contributed by atoms with Gasteiger partial charge in [-0.15, -0.1) is 0 Å². The highest BCUT2D eigenvalue weighted by atomic mass is 16.3. The SMILES string of the molecule is CC(C)CC(O)CNC(=O)Nc1cnn(Cc2ccccc2)c1. The zero-order valence-electron chi connectivity index (χ0n) is 13.6. The predicted molar refractivity (Wildman–Crippen MR) is 90.3 cm³/mol. The van der Waals surface area contributed by atoms with Gasteiger partial charge in [-0.05, 0) is 17.9 Å². The van der Waals surface area contributed by atoms with Crippen LogP contribution in [0.25, 0.3) is 0 Å². The van der Waals surface area contributed by atoms with Crippen LogP contribution < -0.4 is 10.6 Å². The third kappa shape index (κ3) is 6.12. The number of benzene rings is 1. The van der Waals surface area contributed by atoms with Crippen molar-refractivity contribution < 1.29 is 9.90 Å². The van der Waals surface area contributed by atoms with E-state index in [4.69, 9.17) is 0 Å². The third-order valence-corrected chi connectivity index (χ3v) is 3.32. The van der Waals surface area contributed by atoms with Crippen molar-refractivity contribution in [3.05, 3.63) is 48.3 Å². The van der Waals surface area contributed by atoms with E-state index in [0.29, 0.717) is 24.6 Å². The molecule has 6 nitrogen and oxygen atoms in total. The van der Waals surface area contributed by atoms with Crippen molar-refractivity contribution in [3.63, 3.8) is 0 Å². The smallest absolute Gasteiger partial charge is 0.319 e. The molecule has 0 aliphatic carbocycles. The minimum absolute atomic E-state index is 0.238. The second kappa shape index (κ2) is 8.33. The number of urea groups is 1. The summed E-state index contributed by atoms with van der Waals surface area (Å²) in [5.41, 5.74) is 1.76. The fourth-order valence-electron chi connectivity index (χ4n) is 2.30. The number of aromatic nitrogens is 2. The van der Waals surface area contributed by atoms with E-state index in [9.17, 15) is 9.90 Å². The van der Waals surface area contributed by atoms with Crippen LogP contribution in [0.15, 0.2) is 42.7 Å². The van der Waals surface area contributed by atoms with Crippen molar-refractivity contribution in [3.8, 4) is 0 Å². The molecule has 1 aromatic carbocycles. The average Bonchev–Trinajstić information content (AvgIpc) is 2.92. The van der Waals surface area contributed by atoms with Crippen LogP contribution in [0.1, 0.15) is 25.8 Å². The molecule has 3 N–H and O–H groups in total. The summed E-state index contributed by atoms with van der Waals surface area (Å²) < 4.78 is 1.76. The molecule has 1 heterocycles. The van der Waals surface area contributed by atoms with Gasteiger partial charge in [-0.25, -0.2) is 4.79 Å². The molecule has 0 aliphatic rings. The minimum atomic E-state index is -0.526. The number of aliphatic hydroxyl groups excluding tert-OH is 1. The average molecular weight is 316 g/mol. The van der Waals surface area contributed by atoms with E-state index < -0.39 is 6.10 Å². The number of anilines is 1. The van der Waals surface area contributed by atoms with Crippen LogP contribution in [0, 0.1) is 5.92 Å². The molecular weight excluding hydrogens is 292 g/mol. The van der Waals surface area contributed by atoms with Gasteiger partial charge in [0.15, 0.2) is 0 Å². The number of hydrogen-bond acceptors (Lipinski definition) is 3. The molecule has 1 atom stereocenters. The number of rotatable bonds is 7. The molecule has 0 aliphatic heterocycles. The molecule has 0 radical (unpaired) electrons. The summed E-state index contributed by atoms with van der Waals surface area (Å²) in [5, 5.41) is 19.3. The summed E-state index contributed by atoms with van der Waals surface area (Å²) in [6.45, 7) is 4.95. The number of nitrogens with one attached hydrogen (secondary N) is 2. The van der Waals surface area contributed by atoms with E-state index in [1.807, 2.05) is 44.2 Å². The van der Waals surface area contributed by atoms with Crippen LogP contribution in [-0.2, 0) is 6.54 Å². The number of hydrogen-bond donors (Lipinski definition) is 3. The maximum absolute atomic E-state index is 11.8. The van der Waals surface area contributed by atoms with Gasteiger partial charge >= 0.3 is 6.03 Å². The molecule has 0 spiro atoms. The maximum Gasteiger partial charge on any atom is 0.319 e. The first-order valence-electron chi connectivity index (χ1n) is 7.82. The highest BCUT2D eigenvalue weighted by Gasteiger charge is 2.09. The van der Waals surface area contributed by atoms with E-state index >= 15 is 0 Å². The summed E-state index contributed by atoms with van der Waals surface area (Å²) in [7, 11) is 0. The van der Waals surface area contributed by atoms with Crippen molar-refractivity contribution in [1.29, 1.82) is 0 Å². The van der Waals surface area contributed by atoms with E-state index in [0.717, 1.165) is 5.56 Å². The Bertz CT molecular complexity index is 610. The normalized spacial score (nSPS) is 12.2. The van der Waals surface area contributed by atoms with Crippen LogP contribution in [0.3, 0.4) is 0 Å². The van der Waals surface area contributed by atoms with Crippen LogP contribution in [-0.4, -0.2) is 33.6 Å². The Morgan fingerprint density at radius 2 is 2.04 bits per heavy atom. The van der Waals surface area contributed by atoms with E-state index in [2.05, 4.69) is 15.7 Å². The first-order chi connectivity index (χ1) is 11.0. The Hall–Kier alpha value is -2.34. The molecular formula is C17H24N4O2. The van der Waals surface area contributed by atoms with Gasteiger partial charge in [0.25, 0.3) is 0 Å². The second-order valence-electron chi connectivity index (χ2n) is 6.03. The molecule has 0 bridgehead atoms. The van der Waals surface area contributed by atoms with Gasteiger partial charge in [0, 0.05) is 12.7 Å². The van der Waals surface area contributed by atoms with Crippen molar-refractivity contribution in [2.45, 2.75) is 32.9 Å². The number of carbonyl (C=O) groups excluding carboxylic acids is 1. The van der Waals surface area contributed by atoms with Gasteiger partial charge in [0.05, 0.1) is 24.5 Å². The first kappa shape index (κ1) is 17.0. The Morgan fingerprint density at radius 3 is 2.74 bits per heavy atom. The highest BCUT2D eigenvalue weighted by molar-refractivity contribution is 5.88. The molecule has 0 saturated carbocycles. The Balaban J connectivity index is 1.78.